The second-order valence-corrected chi connectivity index (χ2v) is 5.15. The van der Waals surface area contributed by atoms with Gasteiger partial charge >= 0.3 is 0 Å². The summed E-state index contributed by atoms with van der Waals surface area (Å²) in [5.74, 6) is 0. The Hall–Kier alpha value is -1.87. The zero-order valence-corrected chi connectivity index (χ0v) is 11.2. The van der Waals surface area contributed by atoms with Gasteiger partial charge in [-0.2, -0.15) is 0 Å². The zero-order valence-electron chi connectivity index (χ0n) is 11.2. The van der Waals surface area contributed by atoms with E-state index < -0.39 is 0 Å². The van der Waals surface area contributed by atoms with Crippen LogP contribution >= 0.6 is 0 Å². The number of aromatic nitrogens is 1. The second-order valence-electron chi connectivity index (χ2n) is 5.15. The monoisotopic (exact) mass is 253 g/mol. The molecule has 1 aliphatic rings. The Morgan fingerprint density at radius 1 is 1.26 bits per heavy atom. The van der Waals surface area contributed by atoms with Crippen molar-refractivity contribution in [2.75, 3.05) is 11.4 Å². The quantitative estimate of drug-likeness (QED) is 0.893. The highest BCUT2D eigenvalue weighted by molar-refractivity contribution is 5.51. The van der Waals surface area contributed by atoms with E-state index in [9.17, 15) is 0 Å². The van der Waals surface area contributed by atoms with Crippen LogP contribution in [0.15, 0.2) is 42.6 Å². The normalized spacial score (nSPS) is 18.2. The van der Waals surface area contributed by atoms with Crippen LogP contribution in [0.2, 0.25) is 0 Å². The molecule has 2 heterocycles. The highest BCUT2D eigenvalue weighted by Gasteiger charge is 2.25. The molecule has 0 aliphatic carbocycles. The number of rotatable bonds is 2. The number of benzene rings is 1. The average molecular weight is 253 g/mol. The van der Waals surface area contributed by atoms with Gasteiger partial charge in [0.05, 0.1) is 0 Å². The summed E-state index contributed by atoms with van der Waals surface area (Å²) < 4.78 is 0. The van der Waals surface area contributed by atoms with E-state index in [-0.39, 0.29) is 0 Å². The van der Waals surface area contributed by atoms with Crippen LogP contribution < -0.4 is 10.6 Å². The minimum Gasteiger partial charge on any atom is -0.363 e. The number of nitrogens with zero attached hydrogens (tertiary/aromatic N) is 2. The van der Waals surface area contributed by atoms with E-state index in [1.807, 2.05) is 13.1 Å². The molecule has 3 nitrogen and oxygen atoms in total. The maximum Gasteiger partial charge on any atom is 0.0456 e. The highest BCUT2D eigenvalue weighted by atomic mass is 15.2. The number of fused-ring (bicyclic) bond motifs is 1. The van der Waals surface area contributed by atoms with Gasteiger partial charge < -0.3 is 10.6 Å². The topological polar surface area (TPSA) is 42.1 Å². The summed E-state index contributed by atoms with van der Waals surface area (Å²) in [5.41, 5.74) is 11.1. The number of hydrogen-bond acceptors (Lipinski definition) is 3. The Labute approximate surface area is 114 Å². The van der Waals surface area contributed by atoms with E-state index in [1.165, 1.54) is 16.8 Å². The molecule has 0 saturated carbocycles. The molecule has 1 aromatic heterocycles. The molecule has 0 fully saturated rings. The molecule has 19 heavy (non-hydrogen) atoms. The van der Waals surface area contributed by atoms with E-state index in [1.54, 1.807) is 0 Å². The maximum atomic E-state index is 5.97. The fourth-order valence-corrected chi connectivity index (χ4v) is 2.81. The second kappa shape index (κ2) is 5.02. The molecule has 3 heteroatoms. The number of nitrogens with two attached hydrogens (primary N) is 1. The van der Waals surface area contributed by atoms with Crippen molar-refractivity contribution in [3.63, 3.8) is 0 Å². The summed E-state index contributed by atoms with van der Waals surface area (Å²) in [5, 5.41) is 0. The van der Waals surface area contributed by atoms with Crippen molar-refractivity contribution in [1.82, 2.24) is 4.98 Å². The first-order valence-electron chi connectivity index (χ1n) is 6.74. The van der Waals surface area contributed by atoms with Crippen molar-refractivity contribution in [3.8, 4) is 0 Å². The van der Waals surface area contributed by atoms with Gasteiger partial charge in [0.25, 0.3) is 0 Å². The lowest BCUT2D eigenvalue weighted by atomic mass is 9.93. The van der Waals surface area contributed by atoms with Crippen molar-refractivity contribution < 1.29 is 0 Å². The predicted molar refractivity (Wildman–Crippen MR) is 78.1 cm³/mol. The Kier molecular flexibility index (Phi) is 3.22. The van der Waals surface area contributed by atoms with E-state index in [2.05, 4.69) is 46.3 Å². The van der Waals surface area contributed by atoms with Crippen molar-refractivity contribution in [2.45, 2.75) is 25.9 Å². The minimum atomic E-state index is 0.372. The molecule has 0 saturated heterocycles. The molecule has 1 aromatic carbocycles. The van der Waals surface area contributed by atoms with Gasteiger partial charge in [-0.05, 0) is 36.6 Å². The van der Waals surface area contributed by atoms with Crippen LogP contribution in [0.1, 0.15) is 16.8 Å². The predicted octanol–water partition coefficient (Wildman–Crippen LogP) is 2.28. The minimum absolute atomic E-state index is 0.372. The molecule has 0 amide bonds. The van der Waals surface area contributed by atoms with Crippen molar-refractivity contribution in [1.29, 1.82) is 0 Å². The van der Waals surface area contributed by atoms with E-state index >= 15 is 0 Å². The third-order valence-corrected chi connectivity index (χ3v) is 3.84. The number of hydrogen-bond donors (Lipinski definition) is 1. The molecule has 98 valence electrons. The van der Waals surface area contributed by atoms with Crippen LogP contribution in [0, 0.1) is 6.92 Å². The fourth-order valence-electron chi connectivity index (χ4n) is 2.81. The lowest BCUT2D eigenvalue weighted by Crippen LogP contribution is -2.45. The summed E-state index contributed by atoms with van der Waals surface area (Å²) in [4.78, 5) is 6.67. The van der Waals surface area contributed by atoms with E-state index in [0.29, 0.717) is 12.6 Å². The zero-order chi connectivity index (χ0) is 13.2. The first-order chi connectivity index (χ1) is 9.28. The summed E-state index contributed by atoms with van der Waals surface area (Å²) in [7, 11) is 0. The molecule has 0 radical (unpaired) electrons. The Balaban J connectivity index is 1.97. The van der Waals surface area contributed by atoms with Gasteiger partial charge in [0, 0.05) is 36.7 Å². The SMILES string of the molecule is Cc1cc(N2Cc3ccccc3CC2CN)ccn1. The first-order valence-corrected chi connectivity index (χ1v) is 6.74. The third kappa shape index (κ3) is 2.34. The molecule has 2 N–H and O–H groups in total. The smallest absolute Gasteiger partial charge is 0.0456 e. The first kappa shape index (κ1) is 12.2. The summed E-state index contributed by atoms with van der Waals surface area (Å²) >= 11 is 0. The van der Waals surface area contributed by atoms with Crippen LogP contribution in [-0.4, -0.2) is 17.6 Å². The van der Waals surface area contributed by atoms with E-state index in [4.69, 9.17) is 5.73 Å². The lowest BCUT2D eigenvalue weighted by molar-refractivity contribution is 0.561. The third-order valence-electron chi connectivity index (χ3n) is 3.84. The molecular weight excluding hydrogens is 234 g/mol. The molecule has 1 unspecified atom stereocenters. The Morgan fingerprint density at radius 3 is 2.79 bits per heavy atom. The standard InChI is InChI=1S/C16H19N3/c1-12-8-15(6-7-18-12)19-11-14-5-3-2-4-13(14)9-16(19)10-17/h2-8,16H,9-11,17H2,1H3. The summed E-state index contributed by atoms with van der Waals surface area (Å²) in [6.45, 7) is 3.63. The maximum absolute atomic E-state index is 5.97. The molecule has 3 rings (SSSR count). The van der Waals surface area contributed by atoms with Gasteiger partial charge in [0.1, 0.15) is 0 Å². The van der Waals surface area contributed by atoms with Crippen LogP contribution in [0.5, 0.6) is 0 Å². The van der Waals surface area contributed by atoms with Gasteiger partial charge in [-0.3, -0.25) is 4.98 Å². The molecule has 2 aromatic rings. The van der Waals surface area contributed by atoms with Crippen LogP contribution in [0.3, 0.4) is 0 Å². The largest absolute Gasteiger partial charge is 0.363 e. The number of pyridine rings is 1. The average Bonchev–Trinajstić information content (AvgIpc) is 2.46. The van der Waals surface area contributed by atoms with Gasteiger partial charge in [0.15, 0.2) is 0 Å². The molecule has 1 atom stereocenters. The molecular formula is C16H19N3. The number of anilines is 1. The molecule has 0 spiro atoms. The van der Waals surface area contributed by atoms with Crippen molar-refractivity contribution in [2.24, 2.45) is 5.73 Å². The highest BCUT2D eigenvalue weighted by Crippen LogP contribution is 2.28. The van der Waals surface area contributed by atoms with E-state index in [0.717, 1.165) is 18.7 Å². The van der Waals surface area contributed by atoms with Gasteiger partial charge in [0.2, 0.25) is 0 Å². The van der Waals surface area contributed by atoms with Crippen molar-refractivity contribution >= 4 is 5.69 Å². The van der Waals surface area contributed by atoms with Gasteiger partial charge in [-0.1, -0.05) is 24.3 Å². The number of aryl methyl sites for hydroxylation is 1. The van der Waals surface area contributed by atoms with Crippen LogP contribution in [0.4, 0.5) is 5.69 Å². The summed E-state index contributed by atoms with van der Waals surface area (Å²) in [6, 6.07) is 13.2. The Bertz CT molecular complexity index is 580. The molecule has 0 bridgehead atoms. The summed E-state index contributed by atoms with van der Waals surface area (Å²) in [6.07, 6.45) is 2.90. The van der Waals surface area contributed by atoms with Crippen LogP contribution in [0.25, 0.3) is 0 Å². The lowest BCUT2D eigenvalue weighted by Gasteiger charge is -2.38. The van der Waals surface area contributed by atoms with Gasteiger partial charge in [-0.25, -0.2) is 0 Å². The molecule has 1 aliphatic heterocycles. The fraction of sp³-hybridized carbons (Fsp3) is 0.312. The Morgan fingerprint density at radius 2 is 2.05 bits per heavy atom. The van der Waals surface area contributed by atoms with Crippen LogP contribution in [-0.2, 0) is 13.0 Å². The van der Waals surface area contributed by atoms with Crippen molar-refractivity contribution in [3.05, 3.63) is 59.4 Å². The van der Waals surface area contributed by atoms with Gasteiger partial charge in [-0.15, -0.1) is 0 Å².